The largest absolute Gasteiger partial charge is 0.332 e. The first-order chi connectivity index (χ1) is 11.9. The molecule has 0 saturated carbocycles. The number of carbonyl (C=O) groups is 1. The summed E-state index contributed by atoms with van der Waals surface area (Å²) in [6, 6.07) is 10.7. The first kappa shape index (κ1) is 18.4. The van der Waals surface area contributed by atoms with Crippen LogP contribution < -0.4 is 10.6 Å². The number of anilines is 1. The SMILES string of the molecule is Cc1c(Cl)cccc1NC(=S)NC(=O)c1sc2cc(Cl)ccc2c1Cl. The number of rotatable bonds is 2. The molecule has 0 spiro atoms. The highest BCUT2D eigenvalue weighted by molar-refractivity contribution is 7.80. The van der Waals surface area contributed by atoms with Crippen LogP contribution >= 0.6 is 58.4 Å². The summed E-state index contributed by atoms with van der Waals surface area (Å²) >= 11 is 24.9. The molecular weight excluding hydrogens is 419 g/mol. The lowest BCUT2D eigenvalue weighted by Gasteiger charge is -2.12. The summed E-state index contributed by atoms with van der Waals surface area (Å²) in [5, 5.41) is 8.15. The Morgan fingerprint density at radius 3 is 2.68 bits per heavy atom. The number of fused-ring (bicyclic) bond motifs is 1. The topological polar surface area (TPSA) is 41.1 Å². The molecule has 0 aliphatic heterocycles. The van der Waals surface area contributed by atoms with Gasteiger partial charge in [0.15, 0.2) is 5.11 Å². The Labute approximate surface area is 168 Å². The first-order valence-corrected chi connectivity index (χ1v) is 9.47. The van der Waals surface area contributed by atoms with E-state index in [-0.39, 0.29) is 11.0 Å². The Hall–Kier alpha value is -1.37. The highest BCUT2D eigenvalue weighted by Crippen LogP contribution is 2.36. The lowest BCUT2D eigenvalue weighted by molar-refractivity contribution is 0.0982. The second-order valence-electron chi connectivity index (χ2n) is 5.21. The number of nitrogens with one attached hydrogen (secondary N) is 2. The van der Waals surface area contributed by atoms with Gasteiger partial charge in [-0.05, 0) is 49.0 Å². The van der Waals surface area contributed by atoms with Crippen molar-refractivity contribution in [3.05, 3.63) is 61.9 Å². The fraction of sp³-hybridized carbons (Fsp3) is 0.0588. The second-order valence-corrected chi connectivity index (χ2v) is 7.89. The maximum Gasteiger partial charge on any atom is 0.269 e. The smallest absolute Gasteiger partial charge is 0.269 e. The Kier molecular flexibility index (Phi) is 5.51. The number of hydrogen-bond acceptors (Lipinski definition) is 3. The van der Waals surface area contributed by atoms with Crippen LogP contribution in [-0.2, 0) is 0 Å². The molecular formula is C17H11Cl3N2OS2. The third kappa shape index (κ3) is 3.91. The van der Waals surface area contributed by atoms with Crippen LogP contribution in [0.4, 0.5) is 5.69 Å². The van der Waals surface area contributed by atoms with Crippen molar-refractivity contribution in [1.82, 2.24) is 5.32 Å². The van der Waals surface area contributed by atoms with Gasteiger partial charge in [-0.2, -0.15) is 0 Å². The number of halogens is 3. The van der Waals surface area contributed by atoms with Crippen molar-refractivity contribution in [2.45, 2.75) is 6.92 Å². The maximum atomic E-state index is 12.5. The summed E-state index contributed by atoms with van der Waals surface area (Å²) in [4.78, 5) is 12.9. The molecule has 2 N–H and O–H groups in total. The van der Waals surface area contributed by atoms with E-state index in [9.17, 15) is 4.79 Å². The summed E-state index contributed by atoms with van der Waals surface area (Å²) in [5.74, 6) is -0.375. The van der Waals surface area contributed by atoms with Crippen molar-refractivity contribution < 1.29 is 4.79 Å². The van der Waals surface area contributed by atoms with Crippen molar-refractivity contribution in [2.24, 2.45) is 0 Å². The van der Waals surface area contributed by atoms with Crippen LogP contribution in [0.3, 0.4) is 0 Å². The molecule has 0 fully saturated rings. The predicted molar refractivity (Wildman–Crippen MR) is 112 cm³/mol. The molecule has 0 bridgehead atoms. The number of hydrogen-bond donors (Lipinski definition) is 2. The van der Waals surface area contributed by atoms with Crippen LogP contribution in [0.25, 0.3) is 10.1 Å². The van der Waals surface area contributed by atoms with Gasteiger partial charge in [-0.3, -0.25) is 10.1 Å². The van der Waals surface area contributed by atoms with Crippen LogP contribution in [0.5, 0.6) is 0 Å². The van der Waals surface area contributed by atoms with E-state index < -0.39 is 0 Å². The molecule has 0 aliphatic carbocycles. The first-order valence-electron chi connectivity index (χ1n) is 7.12. The molecule has 128 valence electrons. The Morgan fingerprint density at radius 1 is 1.16 bits per heavy atom. The van der Waals surface area contributed by atoms with Crippen LogP contribution in [0.1, 0.15) is 15.2 Å². The molecule has 0 saturated heterocycles. The van der Waals surface area contributed by atoms with Gasteiger partial charge >= 0.3 is 0 Å². The quantitative estimate of drug-likeness (QED) is 0.470. The predicted octanol–water partition coefficient (Wildman–Crippen LogP) is 6.30. The molecule has 1 heterocycles. The van der Waals surface area contributed by atoms with Crippen molar-refractivity contribution in [3.8, 4) is 0 Å². The van der Waals surface area contributed by atoms with Gasteiger partial charge in [-0.25, -0.2) is 0 Å². The average Bonchev–Trinajstić information content (AvgIpc) is 2.88. The number of benzene rings is 2. The molecule has 0 aliphatic rings. The van der Waals surface area contributed by atoms with Gasteiger partial charge in [-0.1, -0.05) is 46.9 Å². The number of amides is 1. The molecule has 0 unspecified atom stereocenters. The highest BCUT2D eigenvalue weighted by atomic mass is 35.5. The van der Waals surface area contributed by atoms with E-state index in [0.717, 1.165) is 21.3 Å². The van der Waals surface area contributed by atoms with Crippen molar-refractivity contribution in [3.63, 3.8) is 0 Å². The highest BCUT2D eigenvalue weighted by Gasteiger charge is 2.18. The Bertz CT molecular complexity index is 1000. The van der Waals surface area contributed by atoms with Gasteiger partial charge in [0, 0.05) is 25.8 Å². The van der Waals surface area contributed by atoms with Crippen molar-refractivity contribution >= 4 is 85.2 Å². The molecule has 0 radical (unpaired) electrons. The van der Waals surface area contributed by atoms with E-state index in [2.05, 4.69) is 10.6 Å². The van der Waals surface area contributed by atoms with Gasteiger partial charge < -0.3 is 5.32 Å². The monoisotopic (exact) mass is 428 g/mol. The summed E-state index contributed by atoms with van der Waals surface area (Å²) in [5.41, 5.74) is 1.57. The van der Waals surface area contributed by atoms with Gasteiger partial charge in [0.2, 0.25) is 0 Å². The minimum absolute atomic E-state index is 0.168. The van der Waals surface area contributed by atoms with Crippen LogP contribution in [0.2, 0.25) is 15.1 Å². The van der Waals surface area contributed by atoms with E-state index >= 15 is 0 Å². The van der Waals surface area contributed by atoms with E-state index in [1.165, 1.54) is 11.3 Å². The van der Waals surface area contributed by atoms with E-state index in [0.29, 0.717) is 19.9 Å². The van der Waals surface area contributed by atoms with Gasteiger partial charge in [0.05, 0.1) is 5.02 Å². The van der Waals surface area contributed by atoms with Crippen molar-refractivity contribution in [1.29, 1.82) is 0 Å². The molecule has 8 heteroatoms. The third-order valence-electron chi connectivity index (χ3n) is 3.54. The standard InChI is InChI=1S/C17H11Cl3N2OS2/c1-8-11(19)3-2-4-12(8)21-17(24)22-16(23)15-14(20)10-6-5-9(18)7-13(10)25-15/h2-7H,1H3,(H2,21,22,23,24). The molecule has 3 nitrogen and oxygen atoms in total. The van der Waals surface area contributed by atoms with Gasteiger partial charge in [-0.15, -0.1) is 11.3 Å². The maximum absolute atomic E-state index is 12.5. The molecule has 1 aromatic heterocycles. The second kappa shape index (κ2) is 7.48. The zero-order chi connectivity index (χ0) is 18.1. The van der Waals surface area contributed by atoms with Gasteiger partial charge in [0.1, 0.15) is 4.88 Å². The minimum Gasteiger partial charge on any atom is -0.332 e. The molecule has 2 aromatic carbocycles. The average molecular weight is 430 g/mol. The molecule has 3 rings (SSSR count). The van der Waals surface area contributed by atoms with Crippen LogP contribution in [-0.4, -0.2) is 11.0 Å². The summed E-state index contributed by atoms with van der Waals surface area (Å²) in [7, 11) is 0. The lowest BCUT2D eigenvalue weighted by atomic mass is 10.2. The lowest BCUT2D eigenvalue weighted by Crippen LogP contribution is -2.34. The van der Waals surface area contributed by atoms with E-state index in [1.807, 2.05) is 13.0 Å². The molecule has 25 heavy (non-hydrogen) atoms. The number of carbonyl (C=O) groups excluding carboxylic acids is 1. The fourth-order valence-electron chi connectivity index (χ4n) is 2.24. The normalized spacial score (nSPS) is 10.7. The Morgan fingerprint density at radius 2 is 1.92 bits per heavy atom. The van der Waals surface area contributed by atoms with Crippen molar-refractivity contribution in [2.75, 3.05) is 5.32 Å². The zero-order valence-electron chi connectivity index (χ0n) is 12.8. The number of thiophene rings is 1. The van der Waals surface area contributed by atoms with E-state index in [1.54, 1.807) is 30.3 Å². The summed E-state index contributed by atoms with van der Waals surface area (Å²) in [6.45, 7) is 1.86. The third-order valence-corrected chi connectivity index (χ3v) is 6.05. The molecule has 1 amide bonds. The van der Waals surface area contributed by atoms with Gasteiger partial charge in [0.25, 0.3) is 5.91 Å². The number of thiocarbonyl (C=S) groups is 1. The van der Waals surface area contributed by atoms with E-state index in [4.69, 9.17) is 47.0 Å². The minimum atomic E-state index is -0.375. The summed E-state index contributed by atoms with van der Waals surface area (Å²) in [6.07, 6.45) is 0. The van der Waals surface area contributed by atoms with Crippen LogP contribution in [0, 0.1) is 6.92 Å². The molecule has 0 atom stereocenters. The molecule has 3 aromatic rings. The van der Waals surface area contributed by atoms with Crippen LogP contribution in [0.15, 0.2) is 36.4 Å². The Balaban J connectivity index is 1.79. The summed E-state index contributed by atoms with van der Waals surface area (Å²) < 4.78 is 0.840. The zero-order valence-corrected chi connectivity index (χ0v) is 16.7. The fourth-order valence-corrected chi connectivity index (χ4v) is 4.31.